The summed E-state index contributed by atoms with van der Waals surface area (Å²) in [4.78, 5) is 31.9. The molecule has 0 saturated heterocycles. The summed E-state index contributed by atoms with van der Waals surface area (Å²) >= 11 is 0. The Hall–Kier alpha value is -1.14. The van der Waals surface area contributed by atoms with E-state index in [4.69, 9.17) is 9.47 Å². The Morgan fingerprint density at radius 3 is 0.925 bits per heavy atom. The van der Waals surface area contributed by atoms with E-state index in [0.717, 1.165) is 77.0 Å². The van der Waals surface area contributed by atoms with Gasteiger partial charge < -0.3 is 19.3 Å². The zero-order valence-corrected chi connectivity index (χ0v) is 25.4. The van der Waals surface area contributed by atoms with Crippen molar-refractivity contribution in [2.24, 2.45) is 0 Å². The molecular formula is C34H58N2O4. The van der Waals surface area contributed by atoms with E-state index in [2.05, 4.69) is 9.80 Å². The molecule has 6 nitrogen and oxygen atoms in total. The lowest BCUT2D eigenvalue weighted by molar-refractivity contribution is -0.158. The molecule has 2 amide bonds. The molecule has 0 aromatic heterocycles. The first-order valence-electron chi connectivity index (χ1n) is 17.6. The first kappa shape index (κ1) is 30.3. The maximum Gasteiger partial charge on any atom is 0.249 e. The third-order valence-corrected chi connectivity index (χ3v) is 10.9. The van der Waals surface area contributed by atoms with Crippen LogP contribution >= 0.6 is 0 Å². The van der Waals surface area contributed by atoms with Gasteiger partial charge in [0.25, 0.3) is 0 Å². The molecule has 5 aliphatic rings. The van der Waals surface area contributed by atoms with E-state index in [9.17, 15) is 9.59 Å². The van der Waals surface area contributed by atoms with Crippen LogP contribution in [0, 0.1) is 0 Å². The Bertz CT molecular complexity index is 666. The quantitative estimate of drug-likeness (QED) is 0.282. The number of ether oxygens (including phenoxy) is 2. The molecule has 0 aromatic carbocycles. The summed E-state index contributed by atoms with van der Waals surface area (Å²) in [5.74, 6) is 0.389. The van der Waals surface area contributed by atoms with E-state index in [0.29, 0.717) is 24.2 Å². The minimum absolute atomic E-state index is 0.0807. The summed E-state index contributed by atoms with van der Waals surface area (Å²) in [6.07, 6.45) is 28.3. The summed E-state index contributed by atoms with van der Waals surface area (Å²) in [6.45, 7) is 0.337. The highest BCUT2D eigenvalue weighted by Gasteiger charge is 2.36. The highest BCUT2D eigenvalue weighted by Crippen LogP contribution is 2.33. The van der Waals surface area contributed by atoms with Crippen molar-refractivity contribution in [3.63, 3.8) is 0 Å². The first-order valence-corrected chi connectivity index (χ1v) is 17.6. The monoisotopic (exact) mass is 558 g/mol. The van der Waals surface area contributed by atoms with Crippen molar-refractivity contribution >= 4 is 11.8 Å². The third-order valence-electron chi connectivity index (χ3n) is 10.9. The molecule has 5 fully saturated rings. The van der Waals surface area contributed by atoms with Crippen LogP contribution in [0.5, 0.6) is 0 Å². The molecule has 0 unspecified atom stereocenters. The van der Waals surface area contributed by atoms with E-state index < -0.39 is 0 Å². The van der Waals surface area contributed by atoms with Gasteiger partial charge in [-0.3, -0.25) is 9.59 Å². The molecule has 5 saturated carbocycles. The van der Waals surface area contributed by atoms with E-state index in [-0.39, 0.29) is 37.2 Å². The smallest absolute Gasteiger partial charge is 0.249 e. The van der Waals surface area contributed by atoms with Crippen LogP contribution in [0.3, 0.4) is 0 Å². The van der Waals surface area contributed by atoms with Gasteiger partial charge >= 0.3 is 0 Å². The van der Waals surface area contributed by atoms with Crippen LogP contribution < -0.4 is 0 Å². The van der Waals surface area contributed by atoms with Gasteiger partial charge in [0, 0.05) is 24.2 Å². The molecule has 0 aromatic rings. The molecule has 2 atom stereocenters. The fourth-order valence-electron chi connectivity index (χ4n) is 8.80. The van der Waals surface area contributed by atoms with Crippen molar-refractivity contribution in [1.82, 2.24) is 9.80 Å². The van der Waals surface area contributed by atoms with E-state index in [1.807, 2.05) is 0 Å². The molecule has 0 N–H and O–H groups in total. The van der Waals surface area contributed by atoms with Gasteiger partial charge in [-0.15, -0.1) is 0 Å². The van der Waals surface area contributed by atoms with Crippen LogP contribution in [0.25, 0.3) is 0 Å². The van der Waals surface area contributed by atoms with Crippen molar-refractivity contribution in [1.29, 1.82) is 0 Å². The molecule has 5 rings (SSSR count). The first-order chi connectivity index (χ1) is 19.7. The predicted octanol–water partition coefficient (Wildman–Crippen LogP) is 7.32. The second-order valence-electron chi connectivity index (χ2n) is 13.8. The third kappa shape index (κ3) is 8.24. The Balaban J connectivity index is 1.16. The zero-order valence-electron chi connectivity index (χ0n) is 25.4. The lowest BCUT2D eigenvalue weighted by Crippen LogP contribution is -2.51. The molecule has 0 aliphatic heterocycles. The normalized spacial score (nSPS) is 28.3. The molecule has 6 heteroatoms. The summed E-state index contributed by atoms with van der Waals surface area (Å²) in [5, 5.41) is 0. The topological polar surface area (TPSA) is 59.1 Å². The van der Waals surface area contributed by atoms with Crippen LogP contribution in [0.2, 0.25) is 0 Å². The van der Waals surface area contributed by atoms with Gasteiger partial charge in [0.15, 0.2) is 0 Å². The summed E-state index contributed by atoms with van der Waals surface area (Å²) in [6, 6.07) is 1.59. The second-order valence-corrected chi connectivity index (χ2v) is 13.8. The Morgan fingerprint density at radius 2 is 0.650 bits per heavy atom. The average molecular weight is 559 g/mol. The highest BCUT2D eigenvalue weighted by atomic mass is 16.5. The number of hydrogen-bond acceptors (Lipinski definition) is 4. The molecule has 5 aliphatic carbocycles. The minimum Gasteiger partial charge on any atom is -0.366 e. The lowest BCUT2D eigenvalue weighted by Gasteiger charge is -2.42. The fourth-order valence-corrected chi connectivity index (χ4v) is 8.80. The Kier molecular flexibility index (Phi) is 12.1. The summed E-state index contributed by atoms with van der Waals surface area (Å²) in [5.41, 5.74) is 0. The van der Waals surface area contributed by atoms with Crippen molar-refractivity contribution in [3.05, 3.63) is 0 Å². The largest absolute Gasteiger partial charge is 0.366 e. The summed E-state index contributed by atoms with van der Waals surface area (Å²) < 4.78 is 12.8. The van der Waals surface area contributed by atoms with Gasteiger partial charge in [-0.2, -0.15) is 0 Å². The van der Waals surface area contributed by atoms with Crippen LogP contribution in [0.4, 0.5) is 0 Å². The van der Waals surface area contributed by atoms with Crippen molar-refractivity contribution in [2.75, 3.05) is 13.2 Å². The number of carbonyl (C=O) groups is 2. The lowest BCUT2D eigenvalue weighted by atomic mass is 9.88. The summed E-state index contributed by atoms with van der Waals surface area (Å²) in [7, 11) is 0. The zero-order chi connectivity index (χ0) is 27.6. The number of hydrogen-bond donors (Lipinski definition) is 0. The maximum atomic E-state index is 13.7. The van der Waals surface area contributed by atoms with Crippen molar-refractivity contribution < 1.29 is 19.1 Å². The molecule has 228 valence electrons. The van der Waals surface area contributed by atoms with Crippen molar-refractivity contribution in [2.45, 2.75) is 190 Å². The van der Waals surface area contributed by atoms with Gasteiger partial charge in [-0.1, -0.05) is 89.9 Å². The molecule has 40 heavy (non-hydrogen) atoms. The van der Waals surface area contributed by atoms with Gasteiger partial charge in [-0.05, 0) is 64.2 Å². The van der Waals surface area contributed by atoms with Gasteiger partial charge in [-0.25, -0.2) is 0 Å². The number of rotatable bonds is 10. The van der Waals surface area contributed by atoms with E-state index in [1.165, 1.54) is 77.0 Å². The molecule has 0 spiro atoms. The number of nitrogens with zero attached hydrogens (tertiary/aromatic N) is 2. The van der Waals surface area contributed by atoms with Crippen molar-refractivity contribution in [3.8, 4) is 0 Å². The molecule has 0 heterocycles. The van der Waals surface area contributed by atoms with E-state index >= 15 is 0 Å². The molecular weight excluding hydrogens is 500 g/mol. The highest BCUT2D eigenvalue weighted by molar-refractivity contribution is 5.78. The van der Waals surface area contributed by atoms with Crippen LogP contribution in [0.1, 0.15) is 154 Å². The Labute approximate surface area is 244 Å². The van der Waals surface area contributed by atoms with Crippen LogP contribution in [-0.4, -0.2) is 71.2 Å². The van der Waals surface area contributed by atoms with Crippen LogP contribution in [0.15, 0.2) is 0 Å². The predicted molar refractivity (Wildman–Crippen MR) is 159 cm³/mol. The maximum absolute atomic E-state index is 13.7. The van der Waals surface area contributed by atoms with Gasteiger partial charge in [0.05, 0.1) is 12.2 Å². The second kappa shape index (κ2) is 15.9. The number of amides is 2. The van der Waals surface area contributed by atoms with Gasteiger partial charge in [0.2, 0.25) is 11.8 Å². The minimum atomic E-state index is -0.0807. The number of carbonyl (C=O) groups excluding carboxylic acids is 2. The SMILES string of the molecule is O=C(CO[C@H]1CCCC[C@H]1OCC(=O)N(C1CCCCC1)C1CCCCC1)N(C1CCCCC1)C1CCCCC1. The molecule has 0 bridgehead atoms. The van der Waals surface area contributed by atoms with E-state index in [1.54, 1.807) is 0 Å². The fraction of sp³-hybridized carbons (Fsp3) is 0.941. The molecule has 0 radical (unpaired) electrons. The Morgan fingerprint density at radius 1 is 0.400 bits per heavy atom. The average Bonchev–Trinajstić information content (AvgIpc) is 3.02. The van der Waals surface area contributed by atoms with Gasteiger partial charge in [0.1, 0.15) is 13.2 Å². The standard InChI is InChI=1S/C34H58N2O4/c37-33(35(27-15-5-1-6-16-27)28-17-7-2-8-18-28)25-39-31-23-13-14-24-32(31)40-26-34(38)36(29-19-9-3-10-20-29)30-21-11-4-12-22-30/h27-32H,1-26H2/t31-,32+. The van der Waals surface area contributed by atoms with Crippen LogP contribution in [-0.2, 0) is 19.1 Å².